The number of rotatable bonds is 4. The fourth-order valence-corrected chi connectivity index (χ4v) is 4.21. The van der Waals surface area contributed by atoms with Crippen LogP contribution in [0.5, 0.6) is 0 Å². The van der Waals surface area contributed by atoms with E-state index in [-0.39, 0.29) is 11.9 Å². The number of hydrogen-bond acceptors (Lipinski definition) is 3. The highest BCUT2D eigenvalue weighted by atomic mass is 16.3. The first-order valence-corrected chi connectivity index (χ1v) is 8.85. The van der Waals surface area contributed by atoms with Gasteiger partial charge in [0, 0.05) is 23.7 Å². The topological polar surface area (TPSA) is 45.5 Å². The average Bonchev–Trinajstić information content (AvgIpc) is 3.15. The Hall–Kier alpha value is -2.07. The number of fused-ring (bicyclic) bond motifs is 2. The lowest BCUT2D eigenvalue weighted by Gasteiger charge is -2.38. The molecule has 1 unspecified atom stereocenters. The minimum absolute atomic E-state index is 0.0545. The van der Waals surface area contributed by atoms with Gasteiger partial charge in [0.05, 0.1) is 12.8 Å². The van der Waals surface area contributed by atoms with Gasteiger partial charge in [-0.05, 0) is 56.9 Å². The average molecular weight is 324 g/mol. The maximum Gasteiger partial charge on any atom is 0.251 e. The Morgan fingerprint density at radius 2 is 1.88 bits per heavy atom. The Kier molecular flexibility index (Phi) is 4.15. The van der Waals surface area contributed by atoms with Crippen molar-refractivity contribution >= 4 is 5.91 Å². The van der Waals surface area contributed by atoms with Gasteiger partial charge in [0.1, 0.15) is 5.76 Å². The summed E-state index contributed by atoms with van der Waals surface area (Å²) in [4.78, 5) is 15.0. The van der Waals surface area contributed by atoms with Crippen molar-refractivity contribution in [1.82, 2.24) is 10.2 Å². The molecule has 4 nitrogen and oxygen atoms in total. The van der Waals surface area contributed by atoms with Gasteiger partial charge in [-0.1, -0.05) is 17.7 Å². The molecule has 24 heavy (non-hydrogen) atoms. The highest BCUT2D eigenvalue weighted by Gasteiger charge is 2.41. The van der Waals surface area contributed by atoms with Gasteiger partial charge in [-0.15, -0.1) is 0 Å². The molecule has 2 fully saturated rings. The Balaban J connectivity index is 1.38. The zero-order valence-electron chi connectivity index (χ0n) is 14.1. The van der Waals surface area contributed by atoms with E-state index in [9.17, 15) is 4.79 Å². The lowest BCUT2D eigenvalue weighted by molar-refractivity contribution is 0.0806. The van der Waals surface area contributed by atoms with Crippen molar-refractivity contribution < 1.29 is 9.21 Å². The maximum atomic E-state index is 12.5. The summed E-state index contributed by atoms with van der Waals surface area (Å²) < 4.78 is 5.51. The molecule has 0 radical (unpaired) electrons. The molecule has 1 aromatic heterocycles. The van der Waals surface area contributed by atoms with E-state index in [4.69, 9.17) is 4.42 Å². The largest absolute Gasteiger partial charge is 0.468 e. The molecule has 0 saturated carbocycles. The molecule has 3 atom stereocenters. The van der Waals surface area contributed by atoms with E-state index in [1.165, 1.54) is 18.4 Å². The highest BCUT2D eigenvalue weighted by molar-refractivity contribution is 5.94. The van der Waals surface area contributed by atoms with Crippen LogP contribution in [-0.4, -0.2) is 28.9 Å². The van der Waals surface area contributed by atoms with Crippen molar-refractivity contribution in [3.63, 3.8) is 0 Å². The molecule has 2 bridgehead atoms. The Morgan fingerprint density at radius 3 is 2.50 bits per heavy atom. The first-order valence-electron chi connectivity index (χ1n) is 8.85. The number of amides is 1. The van der Waals surface area contributed by atoms with Gasteiger partial charge in [0.15, 0.2) is 0 Å². The van der Waals surface area contributed by atoms with Gasteiger partial charge in [0.2, 0.25) is 0 Å². The SMILES string of the molecule is Cc1ccc(C(=O)NC2C[C@H]3CC[C@@H](C2)N3Cc2ccco2)cc1. The standard InChI is InChI=1S/C20H24N2O2/c1-14-4-6-15(7-5-14)20(23)21-16-11-17-8-9-18(12-16)22(17)13-19-3-2-10-24-19/h2-7,10,16-18H,8-9,11-13H2,1H3,(H,21,23)/t16?,17-,18+. The molecule has 126 valence electrons. The molecule has 4 heteroatoms. The summed E-state index contributed by atoms with van der Waals surface area (Å²) >= 11 is 0. The minimum Gasteiger partial charge on any atom is -0.468 e. The number of nitrogens with one attached hydrogen (secondary N) is 1. The van der Waals surface area contributed by atoms with Crippen LogP contribution < -0.4 is 5.32 Å². The zero-order valence-corrected chi connectivity index (χ0v) is 14.1. The van der Waals surface area contributed by atoms with Crippen LogP contribution in [0.2, 0.25) is 0 Å². The first kappa shape index (κ1) is 15.5. The summed E-state index contributed by atoms with van der Waals surface area (Å²) in [5, 5.41) is 3.25. The Bertz CT molecular complexity index is 679. The minimum atomic E-state index is 0.0545. The maximum absolute atomic E-state index is 12.5. The molecular weight excluding hydrogens is 300 g/mol. The Labute approximate surface area is 142 Å². The monoisotopic (exact) mass is 324 g/mol. The van der Waals surface area contributed by atoms with Gasteiger partial charge in [0.25, 0.3) is 5.91 Å². The van der Waals surface area contributed by atoms with Crippen molar-refractivity contribution in [2.45, 2.75) is 57.3 Å². The van der Waals surface area contributed by atoms with Gasteiger partial charge >= 0.3 is 0 Å². The molecule has 4 rings (SSSR count). The molecule has 1 aromatic carbocycles. The van der Waals surface area contributed by atoms with E-state index in [1.54, 1.807) is 6.26 Å². The third-order valence-corrected chi connectivity index (χ3v) is 5.45. The number of aryl methyl sites for hydroxylation is 1. The third-order valence-electron chi connectivity index (χ3n) is 5.45. The lowest BCUT2D eigenvalue weighted by Crippen LogP contribution is -2.49. The number of carbonyl (C=O) groups is 1. The quantitative estimate of drug-likeness (QED) is 0.936. The molecule has 2 aliphatic heterocycles. The van der Waals surface area contributed by atoms with Crippen molar-refractivity contribution in [3.05, 3.63) is 59.5 Å². The molecule has 0 spiro atoms. The Morgan fingerprint density at radius 1 is 1.17 bits per heavy atom. The lowest BCUT2D eigenvalue weighted by atomic mass is 9.96. The number of carbonyl (C=O) groups excluding carboxylic acids is 1. The smallest absolute Gasteiger partial charge is 0.251 e. The summed E-state index contributed by atoms with van der Waals surface area (Å²) in [7, 11) is 0. The van der Waals surface area contributed by atoms with Crippen LogP contribution in [-0.2, 0) is 6.54 Å². The molecule has 1 N–H and O–H groups in total. The van der Waals surface area contributed by atoms with Crippen molar-refractivity contribution in [2.75, 3.05) is 0 Å². The molecule has 2 saturated heterocycles. The number of nitrogens with zero attached hydrogens (tertiary/aromatic N) is 1. The van der Waals surface area contributed by atoms with Gasteiger partial charge < -0.3 is 9.73 Å². The van der Waals surface area contributed by atoms with E-state index in [1.807, 2.05) is 43.3 Å². The number of piperidine rings is 1. The normalized spacial score (nSPS) is 26.5. The van der Waals surface area contributed by atoms with E-state index in [2.05, 4.69) is 10.2 Å². The summed E-state index contributed by atoms with van der Waals surface area (Å²) in [6.07, 6.45) is 6.26. The summed E-state index contributed by atoms with van der Waals surface area (Å²) in [5.41, 5.74) is 1.93. The summed E-state index contributed by atoms with van der Waals surface area (Å²) in [6, 6.07) is 13.2. The van der Waals surface area contributed by atoms with Crippen LogP contribution in [0.25, 0.3) is 0 Å². The van der Waals surface area contributed by atoms with Crippen molar-refractivity contribution in [1.29, 1.82) is 0 Å². The third kappa shape index (κ3) is 3.11. The molecular formula is C20H24N2O2. The second kappa shape index (κ2) is 6.44. The van der Waals surface area contributed by atoms with Crippen LogP contribution in [0.4, 0.5) is 0 Å². The summed E-state index contributed by atoms with van der Waals surface area (Å²) in [5.74, 6) is 1.09. The van der Waals surface area contributed by atoms with E-state index < -0.39 is 0 Å². The molecule has 2 aliphatic rings. The molecule has 1 amide bonds. The zero-order chi connectivity index (χ0) is 16.5. The first-order chi connectivity index (χ1) is 11.7. The van der Waals surface area contributed by atoms with Crippen molar-refractivity contribution in [3.8, 4) is 0 Å². The number of furan rings is 1. The van der Waals surface area contributed by atoms with Crippen LogP contribution >= 0.6 is 0 Å². The predicted octanol–water partition coefficient (Wildman–Crippen LogP) is 3.51. The van der Waals surface area contributed by atoms with Gasteiger partial charge in [-0.2, -0.15) is 0 Å². The van der Waals surface area contributed by atoms with E-state index >= 15 is 0 Å². The number of benzene rings is 1. The summed E-state index contributed by atoms with van der Waals surface area (Å²) in [6.45, 7) is 2.93. The van der Waals surface area contributed by atoms with Gasteiger partial charge in [-0.25, -0.2) is 0 Å². The molecule has 2 aromatic rings. The van der Waals surface area contributed by atoms with Crippen LogP contribution in [0.3, 0.4) is 0 Å². The second-order valence-electron chi connectivity index (χ2n) is 7.14. The van der Waals surface area contributed by atoms with Crippen molar-refractivity contribution in [2.24, 2.45) is 0 Å². The number of hydrogen-bond donors (Lipinski definition) is 1. The van der Waals surface area contributed by atoms with E-state index in [0.717, 1.165) is 30.7 Å². The fraction of sp³-hybridized carbons (Fsp3) is 0.450. The molecule has 3 heterocycles. The van der Waals surface area contributed by atoms with Crippen LogP contribution in [0, 0.1) is 6.92 Å². The predicted molar refractivity (Wildman–Crippen MR) is 92.7 cm³/mol. The van der Waals surface area contributed by atoms with Crippen LogP contribution in [0.15, 0.2) is 47.1 Å². The molecule has 0 aliphatic carbocycles. The second-order valence-corrected chi connectivity index (χ2v) is 7.14. The van der Waals surface area contributed by atoms with E-state index in [0.29, 0.717) is 12.1 Å². The fourth-order valence-electron chi connectivity index (χ4n) is 4.21. The highest BCUT2D eigenvalue weighted by Crippen LogP contribution is 2.37. The van der Waals surface area contributed by atoms with Crippen LogP contribution in [0.1, 0.15) is 47.4 Å². The van der Waals surface area contributed by atoms with Gasteiger partial charge in [-0.3, -0.25) is 9.69 Å².